The summed E-state index contributed by atoms with van der Waals surface area (Å²) in [6.07, 6.45) is 7.50. The molecule has 1 unspecified atom stereocenters. The molecule has 0 spiro atoms. The van der Waals surface area contributed by atoms with Gasteiger partial charge in [0.05, 0.1) is 15.9 Å². The van der Waals surface area contributed by atoms with Gasteiger partial charge in [-0.3, -0.25) is 4.68 Å². The van der Waals surface area contributed by atoms with Gasteiger partial charge in [-0.1, -0.05) is 6.92 Å². The molecule has 1 aliphatic rings. The zero-order valence-electron chi connectivity index (χ0n) is 12.4. The number of aromatic nitrogens is 2. The van der Waals surface area contributed by atoms with Crippen molar-refractivity contribution < 1.29 is 0 Å². The van der Waals surface area contributed by atoms with Crippen LogP contribution in [0.4, 0.5) is 0 Å². The average Bonchev–Trinajstić information content (AvgIpc) is 3.21. The molecule has 0 aromatic carbocycles. The van der Waals surface area contributed by atoms with Crippen LogP contribution in [0.2, 0.25) is 0 Å². The maximum absolute atomic E-state index is 4.67. The van der Waals surface area contributed by atoms with Gasteiger partial charge in [-0.2, -0.15) is 5.10 Å². The Kier molecular flexibility index (Phi) is 5.46. The van der Waals surface area contributed by atoms with Crippen LogP contribution < -0.4 is 5.32 Å². The van der Waals surface area contributed by atoms with Crippen molar-refractivity contribution in [2.24, 2.45) is 5.92 Å². The molecule has 2 rings (SSSR count). The second-order valence-corrected chi connectivity index (χ2v) is 6.29. The van der Waals surface area contributed by atoms with Crippen LogP contribution in [0.15, 0.2) is 4.47 Å². The third-order valence-electron chi connectivity index (χ3n) is 4.18. The molecule has 0 amide bonds. The molecule has 0 radical (unpaired) electrons. The van der Waals surface area contributed by atoms with E-state index in [1.54, 1.807) is 0 Å². The van der Waals surface area contributed by atoms with Gasteiger partial charge in [0.1, 0.15) is 0 Å². The Labute approximate surface area is 125 Å². The monoisotopic (exact) mass is 327 g/mol. The van der Waals surface area contributed by atoms with Gasteiger partial charge in [-0.05, 0) is 74.3 Å². The third-order valence-corrected chi connectivity index (χ3v) is 5.10. The van der Waals surface area contributed by atoms with Crippen LogP contribution in [0.1, 0.15) is 50.9 Å². The van der Waals surface area contributed by atoms with Crippen LogP contribution in [0.3, 0.4) is 0 Å². The molecule has 0 aliphatic heterocycles. The van der Waals surface area contributed by atoms with E-state index in [9.17, 15) is 0 Å². The predicted molar refractivity (Wildman–Crippen MR) is 83.5 cm³/mol. The molecule has 108 valence electrons. The largest absolute Gasteiger partial charge is 0.317 e. The summed E-state index contributed by atoms with van der Waals surface area (Å²) in [5.41, 5.74) is 2.58. The number of nitrogens with one attached hydrogen (secondary N) is 1. The van der Waals surface area contributed by atoms with E-state index < -0.39 is 0 Å². The first-order chi connectivity index (χ1) is 9.21. The molecule has 0 saturated heterocycles. The fourth-order valence-corrected chi connectivity index (χ4v) is 3.62. The Bertz CT molecular complexity index is 410. The van der Waals surface area contributed by atoms with Crippen molar-refractivity contribution in [3.8, 4) is 0 Å². The molecule has 1 saturated carbocycles. The summed E-state index contributed by atoms with van der Waals surface area (Å²) in [5, 5.41) is 8.14. The SMILES string of the molecule is CCc1nn(CC)c(CCCC(NC)C2CC2)c1Br. The normalized spacial score (nSPS) is 16.8. The Balaban J connectivity index is 1.92. The third kappa shape index (κ3) is 3.60. The van der Waals surface area contributed by atoms with Crippen LogP contribution in [0.25, 0.3) is 0 Å². The fourth-order valence-electron chi connectivity index (χ4n) is 2.86. The van der Waals surface area contributed by atoms with E-state index in [0.29, 0.717) is 0 Å². The molecular formula is C15H26BrN3. The van der Waals surface area contributed by atoms with Gasteiger partial charge >= 0.3 is 0 Å². The summed E-state index contributed by atoms with van der Waals surface area (Å²) in [5.74, 6) is 0.940. The minimum atomic E-state index is 0.724. The van der Waals surface area contributed by atoms with E-state index >= 15 is 0 Å². The summed E-state index contributed by atoms with van der Waals surface area (Å²) < 4.78 is 3.40. The van der Waals surface area contributed by atoms with Crippen molar-refractivity contribution in [1.82, 2.24) is 15.1 Å². The smallest absolute Gasteiger partial charge is 0.0766 e. The van der Waals surface area contributed by atoms with Crippen LogP contribution in [0.5, 0.6) is 0 Å². The Morgan fingerprint density at radius 2 is 2.16 bits per heavy atom. The first-order valence-electron chi connectivity index (χ1n) is 7.62. The van der Waals surface area contributed by atoms with Crippen molar-refractivity contribution in [1.29, 1.82) is 0 Å². The molecule has 1 aliphatic carbocycles. The summed E-state index contributed by atoms with van der Waals surface area (Å²) in [6, 6.07) is 0.724. The molecule has 1 heterocycles. The number of nitrogens with zero attached hydrogens (tertiary/aromatic N) is 2. The first kappa shape index (κ1) is 15.0. The maximum Gasteiger partial charge on any atom is 0.0766 e. The zero-order chi connectivity index (χ0) is 13.8. The van der Waals surface area contributed by atoms with Crippen molar-refractivity contribution in [2.75, 3.05) is 7.05 Å². The van der Waals surface area contributed by atoms with Crippen LogP contribution in [-0.2, 0) is 19.4 Å². The van der Waals surface area contributed by atoms with Crippen molar-refractivity contribution in [3.05, 3.63) is 15.9 Å². The van der Waals surface area contributed by atoms with E-state index in [4.69, 9.17) is 0 Å². The molecule has 1 atom stereocenters. The lowest BCUT2D eigenvalue weighted by atomic mass is 10.0. The topological polar surface area (TPSA) is 29.9 Å². The standard InChI is InChI=1S/C15H26BrN3/c1-4-12-15(16)14(19(5-2)18-12)8-6-7-13(17-3)11-9-10-11/h11,13,17H,4-10H2,1-3H3. The second kappa shape index (κ2) is 6.89. The van der Waals surface area contributed by atoms with E-state index in [0.717, 1.165) is 31.3 Å². The molecule has 3 nitrogen and oxygen atoms in total. The quantitative estimate of drug-likeness (QED) is 0.791. The van der Waals surface area contributed by atoms with Crippen molar-refractivity contribution >= 4 is 15.9 Å². The van der Waals surface area contributed by atoms with Gasteiger partial charge < -0.3 is 5.32 Å². The van der Waals surface area contributed by atoms with E-state index in [1.807, 2.05) is 0 Å². The predicted octanol–water partition coefficient (Wildman–Crippen LogP) is 3.55. The fraction of sp³-hybridized carbons (Fsp3) is 0.800. The van der Waals surface area contributed by atoms with Gasteiger partial charge in [-0.15, -0.1) is 0 Å². The highest BCUT2D eigenvalue weighted by Gasteiger charge is 2.29. The average molecular weight is 328 g/mol. The highest BCUT2D eigenvalue weighted by Crippen LogP contribution is 2.34. The van der Waals surface area contributed by atoms with Gasteiger partial charge in [0.25, 0.3) is 0 Å². The van der Waals surface area contributed by atoms with Gasteiger partial charge in [0.15, 0.2) is 0 Å². The lowest BCUT2D eigenvalue weighted by Crippen LogP contribution is -2.27. The molecule has 19 heavy (non-hydrogen) atoms. The van der Waals surface area contributed by atoms with E-state index in [2.05, 4.69) is 51.9 Å². The van der Waals surface area contributed by atoms with Crippen LogP contribution in [0, 0.1) is 5.92 Å². The highest BCUT2D eigenvalue weighted by molar-refractivity contribution is 9.10. The second-order valence-electron chi connectivity index (χ2n) is 5.50. The Hall–Kier alpha value is -0.350. The minimum absolute atomic E-state index is 0.724. The number of halogens is 1. The van der Waals surface area contributed by atoms with Gasteiger partial charge in [-0.25, -0.2) is 0 Å². The van der Waals surface area contributed by atoms with Gasteiger partial charge in [0.2, 0.25) is 0 Å². The van der Waals surface area contributed by atoms with Crippen molar-refractivity contribution in [2.45, 2.75) is 65.0 Å². The first-order valence-corrected chi connectivity index (χ1v) is 8.41. The molecule has 0 bridgehead atoms. The minimum Gasteiger partial charge on any atom is -0.317 e. The van der Waals surface area contributed by atoms with Crippen LogP contribution >= 0.6 is 15.9 Å². The molecule has 1 N–H and O–H groups in total. The summed E-state index contributed by atoms with van der Waals surface area (Å²) in [7, 11) is 2.10. The lowest BCUT2D eigenvalue weighted by Gasteiger charge is -2.15. The number of rotatable bonds is 8. The molecular weight excluding hydrogens is 302 g/mol. The molecule has 1 aromatic heterocycles. The summed E-state index contributed by atoms with van der Waals surface area (Å²) in [6.45, 7) is 5.30. The van der Waals surface area contributed by atoms with E-state index in [-0.39, 0.29) is 0 Å². The van der Waals surface area contributed by atoms with Gasteiger partial charge in [0, 0.05) is 12.6 Å². The maximum atomic E-state index is 4.67. The number of hydrogen-bond donors (Lipinski definition) is 1. The number of aryl methyl sites for hydroxylation is 2. The zero-order valence-corrected chi connectivity index (χ0v) is 14.0. The Morgan fingerprint density at radius 3 is 2.68 bits per heavy atom. The van der Waals surface area contributed by atoms with Crippen molar-refractivity contribution in [3.63, 3.8) is 0 Å². The molecule has 4 heteroatoms. The molecule has 1 aromatic rings. The Morgan fingerprint density at radius 1 is 1.42 bits per heavy atom. The van der Waals surface area contributed by atoms with Crippen LogP contribution in [-0.4, -0.2) is 22.9 Å². The number of hydrogen-bond acceptors (Lipinski definition) is 2. The lowest BCUT2D eigenvalue weighted by molar-refractivity contribution is 0.451. The van der Waals surface area contributed by atoms with E-state index in [1.165, 1.54) is 41.5 Å². The summed E-state index contributed by atoms with van der Waals surface area (Å²) >= 11 is 3.73. The molecule has 1 fully saturated rings. The highest BCUT2D eigenvalue weighted by atomic mass is 79.9. The summed E-state index contributed by atoms with van der Waals surface area (Å²) in [4.78, 5) is 0.